The Morgan fingerprint density at radius 3 is 1.15 bits per heavy atom. The maximum Gasteiger partial charge on any atom is 0.193 e. The summed E-state index contributed by atoms with van der Waals surface area (Å²) in [6.45, 7) is 5.90. The fourth-order valence-corrected chi connectivity index (χ4v) is 10.2. The zero-order valence-electron chi connectivity index (χ0n) is 39.6. The lowest BCUT2D eigenvalue weighted by atomic mass is 9.95. The number of sulfone groups is 2. The number of benzene rings is 4. The van der Waals surface area contributed by atoms with Gasteiger partial charge in [0.25, 0.3) is 0 Å². The summed E-state index contributed by atoms with van der Waals surface area (Å²) in [5, 5.41) is 0. The third-order valence-electron chi connectivity index (χ3n) is 11.6. The molecule has 0 aliphatic heterocycles. The summed E-state index contributed by atoms with van der Waals surface area (Å²) in [6.07, 6.45) is 8.38. The highest BCUT2D eigenvalue weighted by atomic mass is 32.2. The molecule has 2 unspecified atom stereocenters. The molecule has 2 atom stereocenters. The predicted octanol–water partition coefficient (Wildman–Crippen LogP) is 9.89. The Bertz CT molecular complexity index is 2410. The second-order valence-corrected chi connectivity index (χ2v) is 21.4. The summed E-state index contributed by atoms with van der Waals surface area (Å²) in [5.41, 5.74) is 3.57. The molecule has 0 bridgehead atoms. The van der Waals surface area contributed by atoms with Crippen LogP contribution in [-0.2, 0) is 43.6 Å². The molecule has 362 valence electrons. The molecule has 0 saturated carbocycles. The third-order valence-corrected chi connectivity index (χ3v) is 14.9. The van der Waals surface area contributed by atoms with E-state index in [1.54, 1.807) is 118 Å². The van der Waals surface area contributed by atoms with Crippen LogP contribution in [0.5, 0.6) is 0 Å². The quantitative estimate of drug-likeness (QED) is 0.0346. The molecular weight excluding hydrogens is 889 g/mol. The van der Waals surface area contributed by atoms with Crippen molar-refractivity contribution in [3.05, 3.63) is 143 Å². The van der Waals surface area contributed by atoms with Gasteiger partial charge in [0.15, 0.2) is 42.8 Å². The van der Waals surface area contributed by atoms with Crippen LogP contribution in [0, 0.1) is 0 Å². The molecule has 0 radical (unpaired) electrons. The van der Waals surface area contributed by atoms with Crippen LogP contribution < -0.4 is 0 Å². The Morgan fingerprint density at radius 1 is 0.448 bits per heavy atom. The molecule has 67 heavy (non-hydrogen) atoms. The van der Waals surface area contributed by atoms with E-state index in [1.165, 1.54) is 0 Å². The van der Waals surface area contributed by atoms with Crippen LogP contribution in [-0.4, -0.2) is 88.3 Å². The molecule has 11 nitrogen and oxygen atoms in total. The highest BCUT2D eigenvalue weighted by Crippen LogP contribution is 2.22. The summed E-state index contributed by atoms with van der Waals surface area (Å²) in [4.78, 5) is 73.4. The summed E-state index contributed by atoms with van der Waals surface area (Å²) in [7, 11) is -5.34. The first-order chi connectivity index (χ1) is 32.0. The van der Waals surface area contributed by atoms with E-state index in [9.17, 15) is 45.6 Å². The van der Waals surface area contributed by atoms with E-state index >= 15 is 0 Å². The van der Waals surface area contributed by atoms with E-state index in [4.69, 9.17) is 4.74 Å². The Labute approximate surface area is 398 Å². The van der Waals surface area contributed by atoms with Crippen molar-refractivity contribution in [3.8, 4) is 0 Å². The number of ketones is 6. The van der Waals surface area contributed by atoms with Crippen LogP contribution >= 0.6 is 0 Å². The zero-order chi connectivity index (χ0) is 49.2. The van der Waals surface area contributed by atoms with Crippen molar-refractivity contribution < 1.29 is 50.3 Å². The molecular formula is C54H68O11S2. The van der Waals surface area contributed by atoms with Gasteiger partial charge in [0.05, 0.1) is 11.5 Å². The van der Waals surface area contributed by atoms with Gasteiger partial charge in [0, 0.05) is 73.5 Å². The lowest BCUT2D eigenvalue weighted by Gasteiger charge is -2.12. The summed E-state index contributed by atoms with van der Waals surface area (Å²) >= 11 is 0. The number of unbranched alkanes of at least 4 members (excludes halogenated alkanes) is 6. The third kappa shape index (κ3) is 21.1. The number of ether oxygens (including phenoxy) is 1. The van der Waals surface area contributed by atoms with Gasteiger partial charge in [-0.25, -0.2) is 16.8 Å². The molecule has 4 rings (SSSR count). The van der Waals surface area contributed by atoms with Gasteiger partial charge in [0.1, 0.15) is 23.1 Å². The van der Waals surface area contributed by atoms with Crippen molar-refractivity contribution >= 4 is 54.4 Å². The predicted molar refractivity (Wildman–Crippen MR) is 264 cm³/mol. The van der Waals surface area contributed by atoms with Crippen molar-refractivity contribution in [2.75, 3.05) is 36.7 Å². The van der Waals surface area contributed by atoms with Gasteiger partial charge in [-0.1, -0.05) is 149 Å². The smallest absolute Gasteiger partial charge is 0.193 e. The van der Waals surface area contributed by atoms with E-state index in [0.717, 1.165) is 19.3 Å². The number of methoxy groups -OCH3 is 1. The number of carbonyl (C=O) groups excluding carboxylic acids is 6. The molecule has 0 amide bonds. The Morgan fingerprint density at radius 2 is 0.791 bits per heavy atom. The van der Waals surface area contributed by atoms with Gasteiger partial charge in [-0.3, -0.25) is 28.8 Å². The average Bonchev–Trinajstić information content (AvgIpc) is 3.33. The number of rotatable bonds is 31. The van der Waals surface area contributed by atoms with E-state index in [1.807, 2.05) is 19.1 Å². The molecule has 0 saturated heterocycles. The SMILES string of the molecule is CCC(=O)CCCCCS(=O)(=O)CC(=O)C(C)c1ccc(C(=O)c2ccccc2)cc1.COCCCCCC(=O)CCCCCS(=O)(=O)CC(=O)C(C)c1ccc(C(=O)c2ccccc2)cc1. The van der Waals surface area contributed by atoms with Gasteiger partial charge in [-0.15, -0.1) is 0 Å². The molecule has 0 fully saturated rings. The van der Waals surface area contributed by atoms with E-state index in [-0.39, 0.29) is 46.2 Å². The first kappa shape index (κ1) is 56.1. The number of Topliss-reactive ketones (excluding diaryl/α,β-unsaturated/α-hetero) is 4. The van der Waals surface area contributed by atoms with Crippen LogP contribution in [0.3, 0.4) is 0 Å². The Balaban J connectivity index is 0.000000359. The Kier molecular flexibility index (Phi) is 24.7. The number of carbonyl (C=O) groups is 6. The fourth-order valence-electron chi connectivity index (χ4n) is 7.25. The van der Waals surface area contributed by atoms with Gasteiger partial charge in [-0.2, -0.15) is 0 Å². The van der Waals surface area contributed by atoms with Gasteiger partial charge < -0.3 is 4.74 Å². The van der Waals surface area contributed by atoms with Crippen LogP contribution in [0.1, 0.15) is 159 Å². The maximum atomic E-state index is 12.6. The summed E-state index contributed by atoms with van der Waals surface area (Å²) in [5.74, 6) is -2.77. The van der Waals surface area contributed by atoms with E-state index < -0.39 is 43.0 Å². The van der Waals surface area contributed by atoms with Crippen molar-refractivity contribution in [2.24, 2.45) is 0 Å². The molecule has 0 N–H and O–H groups in total. The zero-order valence-corrected chi connectivity index (χ0v) is 41.2. The van der Waals surface area contributed by atoms with Crippen LogP contribution in [0.25, 0.3) is 0 Å². The van der Waals surface area contributed by atoms with E-state index in [2.05, 4.69) is 0 Å². The molecule has 0 spiro atoms. The molecule has 13 heteroatoms. The average molecular weight is 957 g/mol. The van der Waals surface area contributed by atoms with Crippen molar-refractivity contribution in [1.29, 1.82) is 0 Å². The highest BCUT2D eigenvalue weighted by molar-refractivity contribution is 7.92. The van der Waals surface area contributed by atoms with Gasteiger partial charge >= 0.3 is 0 Å². The lowest BCUT2D eigenvalue weighted by Crippen LogP contribution is -2.23. The Hall–Kier alpha value is -5.24. The normalized spacial score (nSPS) is 12.3. The van der Waals surface area contributed by atoms with Gasteiger partial charge in [-0.05, 0) is 49.7 Å². The van der Waals surface area contributed by atoms with E-state index in [0.29, 0.717) is 104 Å². The first-order valence-electron chi connectivity index (χ1n) is 23.3. The first-order valence-corrected chi connectivity index (χ1v) is 27.0. The molecule has 4 aromatic carbocycles. The topological polar surface area (TPSA) is 180 Å². The minimum absolute atomic E-state index is 0.0453. The second kappa shape index (κ2) is 29.5. The number of hydrogen-bond donors (Lipinski definition) is 0. The van der Waals surface area contributed by atoms with Gasteiger partial charge in [0.2, 0.25) is 0 Å². The molecule has 0 aliphatic rings. The summed E-state index contributed by atoms with van der Waals surface area (Å²) in [6, 6.07) is 31.4. The minimum Gasteiger partial charge on any atom is -0.385 e. The molecule has 0 heterocycles. The van der Waals surface area contributed by atoms with Crippen LogP contribution in [0.4, 0.5) is 0 Å². The van der Waals surface area contributed by atoms with Crippen molar-refractivity contribution in [2.45, 2.75) is 116 Å². The highest BCUT2D eigenvalue weighted by Gasteiger charge is 2.24. The van der Waals surface area contributed by atoms with Crippen LogP contribution in [0.2, 0.25) is 0 Å². The minimum atomic E-state index is -3.52. The lowest BCUT2D eigenvalue weighted by molar-refractivity contribution is -0.120. The standard InChI is InChI=1S/C29H38O6S.C25H30O5S/c1-23(24-16-18-26(19-17-24)29(32)25-12-6-3-7-13-25)28(31)22-36(33,34)21-11-5-9-15-27(30)14-8-4-10-20-35-2;1-3-23(26)12-8-5-9-17-31(29,30)18-24(27)19(2)20-13-15-22(16-14-20)25(28)21-10-6-4-7-11-21/h3,6-7,12-13,16-19,23H,4-5,8-11,14-15,20-22H2,1-2H3;4,6-7,10-11,13-16,19H,3,5,8-9,12,17-18H2,1-2H3. The van der Waals surface area contributed by atoms with Crippen LogP contribution in [0.15, 0.2) is 109 Å². The molecule has 0 aromatic heterocycles. The molecule has 4 aromatic rings. The molecule has 0 aliphatic carbocycles. The monoisotopic (exact) mass is 956 g/mol. The second-order valence-electron chi connectivity index (χ2n) is 17.1. The maximum absolute atomic E-state index is 12.6. The largest absolute Gasteiger partial charge is 0.385 e. The van der Waals surface area contributed by atoms with Crippen molar-refractivity contribution in [1.82, 2.24) is 0 Å². The number of hydrogen-bond acceptors (Lipinski definition) is 11. The fraction of sp³-hybridized carbons (Fsp3) is 0.444. The van der Waals surface area contributed by atoms with Crippen molar-refractivity contribution in [3.63, 3.8) is 0 Å². The summed E-state index contributed by atoms with van der Waals surface area (Å²) < 4.78 is 54.5.